The number of amides is 1. The number of pyridine rings is 1. The van der Waals surface area contributed by atoms with Gasteiger partial charge in [-0.3, -0.25) is 14.0 Å². The van der Waals surface area contributed by atoms with E-state index in [0.29, 0.717) is 23.5 Å². The summed E-state index contributed by atoms with van der Waals surface area (Å²) in [6, 6.07) is 4.10. The van der Waals surface area contributed by atoms with Crippen LogP contribution in [0.2, 0.25) is 0 Å². The summed E-state index contributed by atoms with van der Waals surface area (Å²) < 4.78 is 12.0. The van der Waals surface area contributed by atoms with Crippen molar-refractivity contribution in [2.75, 3.05) is 23.9 Å². The van der Waals surface area contributed by atoms with Crippen LogP contribution in [0, 0.1) is 0 Å². The molecule has 1 fully saturated rings. The van der Waals surface area contributed by atoms with Crippen LogP contribution in [-0.2, 0) is 23.8 Å². The van der Waals surface area contributed by atoms with Crippen LogP contribution in [0.4, 0.5) is 5.69 Å². The molecule has 0 aliphatic heterocycles. The van der Waals surface area contributed by atoms with Gasteiger partial charge in [-0.15, -0.1) is 0 Å². The summed E-state index contributed by atoms with van der Waals surface area (Å²) in [5.41, 5.74) is 3.73. The van der Waals surface area contributed by atoms with Gasteiger partial charge in [-0.05, 0) is 48.9 Å². The maximum atomic E-state index is 12.5. The molecule has 1 aromatic carbocycles. The molecule has 1 saturated carbocycles. The van der Waals surface area contributed by atoms with Crippen molar-refractivity contribution >= 4 is 33.3 Å². The van der Waals surface area contributed by atoms with Gasteiger partial charge in [0.15, 0.2) is 0 Å². The molecule has 1 heterocycles. The number of aryl methyl sites for hydroxylation is 1. The third kappa shape index (κ3) is 4.65. The second-order valence-electron chi connectivity index (χ2n) is 6.94. The van der Waals surface area contributed by atoms with Crippen molar-refractivity contribution in [2.45, 2.75) is 45.3 Å². The molecular formula is C20H27N3O3S. The van der Waals surface area contributed by atoms with E-state index in [2.05, 4.69) is 15.6 Å². The molecular weight excluding hydrogens is 362 g/mol. The third-order valence-electron chi connectivity index (χ3n) is 4.80. The second-order valence-corrected chi connectivity index (χ2v) is 8.64. The molecule has 3 N–H and O–H groups in total. The minimum absolute atomic E-state index is 0.0911. The summed E-state index contributed by atoms with van der Waals surface area (Å²) in [6.45, 7) is 1.93. The Labute approximate surface area is 162 Å². The molecule has 1 unspecified atom stereocenters. The Morgan fingerprint density at radius 3 is 2.70 bits per heavy atom. The highest BCUT2D eigenvalue weighted by Gasteiger charge is 2.25. The molecule has 27 heavy (non-hydrogen) atoms. The number of hydrogen-bond donors (Lipinski definition) is 3. The summed E-state index contributed by atoms with van der Waals surface area (Å²) in [5, 5.41) is 16.7. The maximum absolute atomic E-state index is 12.5. The Morgan fingerprint density at radius 2 is 2.07 bits per heavy atom. The van der Waals surface area contributed by atoms with Gasteiger partial charge in [-0.1, -0.05) is 6.92 Å². The summed E-state index contributed by atoms with van der Waals surface area (Å²) >= 11 is 0. The number of benzene rings is 1. The number of aromatic nitrogens is 1. The lowest BCUT2D eigenvalue weighted by Crippen LogP contribution is -2.26. The fraction of sp³-hybridized carbons (Fsp3) is 0.500. The number of carbonyl (C=O) groups excluding carboxylic acids is 1. The number of anilines is 1. The molecule has 1 aromatic heterocycles. The summed E-state index contributed by atoms with van der Waals surface area (Å²) in [6.07, 6.45) is 5.16. The maximum Gasteiger partial charge on any atom is 0.255 e. The number of nitrogens with zero attached hydrogens (tertiary/aromatic N) is 1. The van der Waals surface area contributed by atoms with Crippen LogP contribution in [0.5, 0.6) is 0 Å². The first-order chi connectivity index (χ1) is 13.1. The standard InChI is InChI=1S/C20H27N3O3S/c1-3-7-27(26)8-6-13-9-16-18(10-14(13)12-24)22-11-17(19(16)21-2)20(25)23-15-4-5-15/h9-11,15,24H,3-8,12H2,1-2H3,(H,21,22)(H,23,25). The summed E-state index contributed by atoms with van der Waals surface area (Å²) in [5.74, 6) is 1.14. The molecule has 1 aliphatic carbocycles. The van der Waals surface area contributed by atoms with E-state index in [1.54, 1.807) is 13.2 Å². The van der Waals surface area contributed by atoms with Gasteiger partial charge in [0.05, 0.1) is 23.4 Å². The number of nitrogens with one attached hydrogen (secondary N) is 2. The normalized spacial score (nSPS) is 14.9. The molecule has 0 radical (unpaired) electrons. The molecule has 1 atom stereocenters. The van der Waals surface area contributed by atoms with Crippen molar-refractivity contribution < 1.29 is 14.1 Å². The molecule has 0 spiro atoms. The van der Waals surface area contributed by atoms with Gasteiger partial charge in [0.1, 0.15) is 0 Å². The highest BCUT2D eigenvalue weighted by atomic mass is 32.2. The molecule has 7 heteroatoms. The van der Waals surface area contributed by atoms with E-state index >= 15 is 0 Å². The van der Waals surface area contributed by atoms with Crippen molar-refractivity contribution in [1.29, 1.82) is 0 Å². The highest BCUT2D eigenvalue weighted by molar-refractivity contribution is 7.84. The van der Waals surface area contributed by atoms with Crippen LogP contribution in [0.3, 0.4) is 0 Å². The largest absolute Gasteiger partial charge is 0.392 e. The molecule has 3 rings (SSSR count). The third-order valence-corrected chi connectivity index (χ3v) is 6.32. The number of rotatable bonds is 9. The first-order valence-corrected chi connectivity index (χ1v) is 10.9. The number of aliphatic hydroxyl groups is 1. The topological polar surface area (TPSA) is 91.3 Å². The van der Waals surface area contributed by atoms with Gasteiger partial charge in [0.25, 0.3) is 5.91 Å². The van der Waals surface area contributed by atoms with Crippen molar-refractivity contribution in [3.63, 3.8) is 0 Å². The van der Waals surface area contributed by atoms with Crippen LogP contribution in [0.25, 0.3) is 10.9 Å². The minimum Gasteiger partial charge on any atom is -0.392 e. The van der Waals surface area contributed by atoms with Crippen LogP contribution < -0.4 is 10.6 Å². The van der Waals surface area contributed by atoms with E-state index in [9.17, 15) is 14.1 Å². The Morgan fingerprint density at radius 1 is 1.30 bits per heavy atom. The van der Waals surface area contributed by atoms with Crippen molar-refractivity contribution in [1.82, 2.24) is 10.3 Å². The Balaban J connectivity index is 1.97. The second kappa shape index (κ2) is 8.80. The fourth-order valence-electron chi connectivity index (χ4n) is 3.19. The molecule has 1 aliphatic rings. The average Bonchev–Trinajstić information content (AvgIpc) is 3.48. The lowest BCUT2D eigenvalue weighted by molar-refractivity contribution is 0.0951. The highest BCUT2D eigenvalue weighted by Crippen LogP contribution is 2.30. The zero-order valence-corrected chi connectivity index (χ0v) is 16.7. The molecule has 6 nitrogen and oxygen atoms in total. The number of hydrogen-bond acceptors (Lipinski definition) is 5. The zero-order valence-electron chi connectivity index (χ0n) is 15.9. The van der Waals surface area contributed by atoms with Crippen LogP contribution >= 0.6 is 0 Å². The first kappa shape index (κ1) is 19.8. The van der Waals surface area contributed by atoms with E-state index < -0.39 is 10.8 Å². The lowest BCUT2D eigenvalue weighted by Gasteiger charge is -2.15. The predicted molar refractivity (Wildman–Crippen MR) is 110 cm³/mol. The van der Waals surface area contributed by atoms with E-state index in [1.807, 2.05) is 19.1 Å². The molecule has 146 valence electrons. The predicted octanol–water partition coefficient (Wildman–Crippen LogP) is 2.36. The van der Waals surface area contributed by atoms with Crippen molar-refractivity contribution in [3.05, 3.63) is 35.0 Å². The van der Waals surface area contributed by atoms with Gasteiger partial charge in [0.2, 0.25) is 0 Å². The van der Waals surface area contributed by atoms with Gasteiger partial charge in [-0.25, -0.2) is 0 Å². The monoisotopic (exact) mass is 389 g/mol. The lowest BCUT2D eigenvalue weighted by atomic mass is 9.99. The zero-order chi connectivity index (χ0) is 19.4. The SMILES string of the molecule is CCCS(=O)CCc1cc2c(NC)c(C(=O)NC3CC3)cnc2cc1CO. The van der Waals surface area contributed by atoms with E-state index in [-0.39, 0.29) is 18.6 Å². The minimum atomic E-state index is -0.860. The fourth-order valence-corrected chi connectivity index (χ4v) is 4.30. The average molecular weight is 390 g/mol. The Hall–Kier alpha value is -1.99. The van der Waals surface area contributed by atoms with Crippen LogP contribution in [-0.4, -0.2) is 44.8 Å². The van der Waals surface area contributed by atoms with Crippen molar-refractivity contribution in [2.24, 2.45) is 0 Å². The quantitative estimate of drug-likeness (QED) is 0.612. The molecule has 0 bridgehead atoms. The number of aliphatic hydroxyl groups excluding tert-OH is 1. The van der Waals surface area contributed by atoms with Gasteiger partial charge < -0.3 is 15.7 Å². The van der Waals surface area contributed by atoms with Gasteiger partial charge in [-0.2, -0.15) is 0 Å². The van der Waals surface area contributed by atoms with E-state index in [0.717, 1.165) is 47.0 Å². The summed E-state index contributed by atoms with van der Waals surface area (Å²) in [4.78, 5) is 17.0. The Bertz CT molecular complexity index is 865. The molecule has 1 amide bonds. The van der Waals surface area contributed by atoms with Crippen LogP contribution in [0.15, 0.2) is 18.3 Å². The van der Waals surface area contributed by atoms with E-state index in [1.165, 1.54) is 0 Å². The van der Waals surface area contributed by atoms with E-state index in [4.69, 9.17) is 0 Å². The number of carbonyl (C=O) groups is 1. The summed E-state index contributed by atoms with van der Waals surface area (Å²) in [7, 11) is 0.930. The van der Waals surface area contributed by atoms with Crippen molar-refractivity contribution in [3.8, 4) is 0 Å². The Kier molecular flexibility index (Phi) is 6.44. The first-order valence-electron chi connectivity index (χ1n) is 9.46. The number of fused-ring (bicyclic) bond motifs is 1. The smallest absolute Gasteiger partial charge is 0.255 e. The van der Waals surface area contributed by atoms with Gasteiger partial charge in [0, 0.05) is 47.0 Å². The molecule has 2 aromatic rings. The van der Waals surface area contributed by atoms with Crippen LogP contribution in [0.1, 0.15) is 47.7 Å². The van der Waals surface area contributed by atoms with Gasteiger partial charge >= 0.3 is 0 Å². The molecule has 0 saturated heterocycles.